The van der Waals surface area contributed by atoms with Crippen molar-refractivity contribution in [2.45, 2.75) is 19.3 Å². The number of nitrogens with two attached hydrogens (primary N) is 1. The quantitative estimate of drug-likeness (QED) is 0.698. The second-order valence-electron chi connectivity index (χ2n) is 4.39. The van der Waals surface area contributed by atoms with E-state index in [0.29, 0.717) is 12.5 Å². The van der Waals surface area contributed by atoms with Crippen LogP contribution in [-0.2, 0) is 0 Å². The van der Waals surface area contributed by atoms with Gasteiger partial charge in [0.05, 0.1) is 0 Å². The van der Waals surface area contributed by atoms with Crippen LogP contribution in [0.1, 0.15) is 24.8 Å². The molecule has 0 saturated heterocycles. The summed E-state index contributed by atoms with van der Waals surface area (Å²) in [6.07, 6.45) is 3.13. The first-order valence-electron chi connectivity index (χ1n) is 6.40. The fourth-order valence-electron chi connectivity index (χ4n) is 2.11. The van der Waals surface area contributed by atoms with Crippen LogP contribution in [-0.4, -0.2) is 31.1 Å². The first-order chi connectivity index (χ1) is 8.31. The van der Waals surface area contributed by atoms with Gasteiger partial charge < -0.3 is 5.73 Å². The molecule has 0 aromatic heterocycles. The Morgan fingerprint density at radius 1 is 1.35 bits per heavy atom. The van der Waals surface area contributed by atoms with Crippen LogP contribution in [0.5, 0.6) is 0 Å². The molecular formula is C15H24N2. The topological polar surface area (TPSA) is 29.3 Å². The van der Waals surface area contributed by atoms with E-state index in [-0.39, 0.29) is 0 Å². The highest BCUT2D eigenvalue weighted by Gasteiger charge is 2.13. The third-order valence-corrected chi connectivity index (χ3v) is 2.96. The normalized spacial score (nSPS) is 12.6. The van der Waals surface area contributed by atoms with Crippen LogP contribution in [0, 0.1) is 0 Å². The number of nitrogens with zero attached hydrogens (tertiary/aromatic N) is 1. The zero-order valence-corrected chi connectivity index (χ0v) is 10.8. The highest BCUT2D eigenvalue weighted by atomic mass is 15.1. The molecule has 2 heteroatoms. The molecule has 1 unspecified atom stereocenters. The lowest BCUT2D eigenvalue weighted by molar-refractivity contribution is 0.284. The smallest absolute Gasteiger partial charge is 0.0160 e. The predicted octanol–water partition coefficient (Wildman–Crippen LogP) is 2.63. The third kappa shape index (κ3) is 4.72. The van der Waals surface area contributed by atoms with E-state index in [1.165, 1.54) is 12.0 Å². The van der Waals surface area contributed by atoms with Crippen LogP contribution in [0.15, 0.2) is 43.0 Å². The van der Waals surface area contributed by atoms with Gasteiger partial charge in [0.15, 0.2) is 0 Å². The Morgan fingerprint density at radius 2 is 2.06 bits per heavy atom. The zero-order chi connectivity index (χ0) is 12.5. The maximum absolute atomic E-state index is 5.89. The summed E-state index contributed by atoms with van der Waals surface area (Å²) in [5.41, 5.74) is 7.23. The summed E-state index contributed by atoms with van der Waals surface area (Å²) >= 11 is 0. The van der Waals surface area contributed by atoms with E-state index in [1.54, 1.807) is 0 Å². The summed E-state index contributed by atoms with van der Waals surface area (Å²) in [5.74, 6) is 0.419. The van der Waals surface area contributed by atoms with Crippen molar-refractivity contribution in [3.63, 3.8) is 0 Å². The Morgan fingerprint density at radius 3 is 2.59 bits per heavy atom. The van der Waals surface area contributed by atoms with Crippen molar-refractivity contribution in [3.05, 3.63) is 48.6 Å². The first kappa shape index (κ1) is 13.9. The van der Waals surface area contributed by atoms with Crippen LogP contribution in [0.4, 0.5) is 0 Å². The number of rotatable bonds is 8. The van der Waals surface area contributed by atoms with Gasteiger partial charge in [-0.3, -0.25) is 4.90 Å². The zero-order valence-electron chi connectivity index (χ0n) is 10.8. The van der Waals surface area contributed by atoms with Gasteiger partial charge in [0.25, 0.3) is 0 Å². The summed E-state index contributed by atoms with van der Waals surface area (Å²) in [5, 5.41) is 0. The average molecular weight is 232 g/mol. The molecule has 0 spiro atoms. The minimum absolute atomic E-state index is 0.419. The summed E-state index contributed by atoms with van der Waals surface area (Å²) in [6.45, 7) is 9.78. The van der Waals surface area contributed by atoms with Gasteiger partial charge in [-0.15, -0.1) is 6.58 Å². The van der Waals surface area contributed by atoms with E-state index in [9.17, 15) is 0 Å². The first-order valence-corrected chi connectivity index (χ1v) is 6.40. The molecule has 0 saturated carbocycles. The minimum atomic E-state index is 0.419. The van der Waals surface area contributed by atoms with E-state index >= 15 is 0 Å². The van der Waals surface area contributed by atoms with Gasteiger partial charge in [0, 0.05) is 25.6 Å². The van der Waals surface area contributed by atoms with Gasteiger partial charge in [-0.2, -0.15) is 0 Å². The molecule has 2 N–H and O–H groups in total. The molecule has 94 valence electrons. The molecule has 0 bridgehead atoms. The van der Waals surface area contributed by atoms with E-state index in [4.69, 9.17) is 5.73 Å². The van der Waals surface area contributed by atoms with Gasteiger partial charge in [0.2, 0.25) is 0 Å². The van der Waals surface area contributed by atoms with E-state index in [1.807, 2.05) is 12.1 Å². The minimum Gasteiger partial charge on any atom is -0.330 e. The fourth-order valence-corrected chi connectivity index (χ4v) is 2.11. The maximum Gasteiger partial charge on any atom is 0.0160 e. The van der Waals surface area contributed by atoms with E-state index in [0.717, 1.165) is 19.6 Å². The Balaban J connectivity index is 2.64. The summed E-state index contributed by atoms with van der Waals surface area (Å²) < 4.78 is 0. The number of hydrogen-bond acceptors (Lipinski definition) is 2. The van der Waals surface area contributed by atoms with Crippen molar-refractivity contribution < 1.29 is 0 Å². The highest BCUT2D eigenvalue weighted by Crippen LogP contribution is 2.15. The standard InChI is InChI=1S/C15H24N2/c1-3-10-17(11-4-2)13-15(12-16)14-8-6-5-7-9-14/h3,5-9,15H,1,4,10-13,16H2,2H3. The second kappa shape index (κ2) is 8.04. The summed E-state index contributed by atoms with van der Waals surface area (Å²) in [6, 6.07) is 10.5. The molecule has 0 aliphatic rings. The lowest BCUT2D eigenvalue weighted by Crippen LogP contribution is -2.32. The predicted molar refractivity (Wildman–Crippen MR) is 75.2 cm³/mol. The third-order valence-electron chi connectivity index (χ3n) is 2.96. The number of hydrogen-bond donors (Lipinski definition) is 1. The molecule has 0 fully saturated rings. The monoisotopic (exact) mass is 232 g/mol. The molecule has 1 atom stereocenters. The SMILES string of the molecule is C=CCN(CCC)CC(CN)c1ccccc1. The van der Waals surface area contributed by atoms with Gasteiger partial charge in [0.1, 0.15) is 0 Å². The van der Waals surface area contributed by atoms with Crippen molar-refractivity contribution >= 4 is 0 Å². The van der Waals surface area contributed by atoms with Gasteiger partial charge in [-0.05, 0) is 18.5 Å². The lowest BCUT2D eigenvalue weighted by Gasteiger charge is -2.25. The van der Waals surface area contributed by atoms with Crippen molar-refractivity contribution in [2.75, 3.05) is 26.2 Å². The highest BCUT2D eigenvalue weighted by molar-refractivity contribution is 5.20. The molecule has 0 heterocycles. The average Bonchev–Trinajstić information content (AvgIpc) is 2.37. The summed E-state index contributed by atoms with van der Waals surface area (Å²) in [4.78, 5) is 2.41. The molecule has 0 aliphatic carbocycles. The Labute approximate surface area is 105 Å². The molecule has 17 heavy (non-hydrogen) atoms. The molecule has 2 nitrogen and oxygen atoms in total. The molecule has 0 amide bonds. The van der Waals surface area contributed by atoms with E-state index < -0.39 is 0 Å². The van der Waals surface area contributed by atoms with Gasteiger partial charge >= 0.3 is 0 Å². The van der Waals surface area contributed by atoms with Crippen LogP contribution >= 0.6 is 0 Å². The largest absolute Gasteiger partial charge is 0.330 e. The van der Waals surface area contributed by atoms with Crippen molar-refractivity contribution in [1.29, 1.82) is 0 Å². The fraction of sp³-hybridized carbons (Fsp3) is 0.467. The molecule has 0 radical (unpaired) electrons. The van der Waals surface area contributed by atoms with Crippen LogP contribution < -0.4 is 5.73 Å². The van der Waals surface area contributed by atoms with Crippen molar-refractivity contribution in [3.8, 4) is 0 Å². The van der Waals surface area contributed by atoms with Crippen LogP contribution in [0.2, 0.25) is 0 Å². The maximum atomic E-state index is 5.89. The lowest BCUT2D eigenvalue weighted by atomic mass is 9.98. The van der Waals surface area contributed by atoms with Crippen molar-refractivity contribution in [1.82, 2.24) is 4.90 Å². The van der Waals surface area contributed by atoms with Crippen molar-refractivity contribution in [2.24, 2.45) is 5.73 Å². The Bertz CT molecular complexity index is 308. The Hall–Kier alpha value is -1.12. The second-order valence-corrected chi connectivity index (χ2v) is 4.39. The molecule has 1 aromatic rings. The molecule has 0 aliphatic heterocycles. The summed E-state index contributed by atoms with van der Waals surface area (Å²) in [7, 11) is 0. The molecular weight excluding hydrogens is 208 g/mol. The van der Waals surface area contributed by atoms with E-state index in [2.05, 4.69) is 42.7 Å². The van der Waals surface area contributed by atoms with Gasteiger partial charge in [-0.25, -0.2) is 0 Å². The number of benzene rings is 1. The molecule has 1 rings (SSSR count). The molecule has 1 aromatic carbocycles. The van der Waals surface area contributed by atoms with Crippen LogP contribution in [0.3, 0.4) is 0 Å². The van der Waals surface area contributed by atoms with Gasteiger partial charge in [-0.1, -0.05) is 43.3 Å². The Kier molecular flexibility index (Phi) is 6.60. The van der Waals surface area contributed by atoms with Crippen LogP contribution in [0.25, 0.3) is 0 Å².